The van der Waals surface area contributed by atoms with Gasteiger partial charge in [-0.2, -0.15) is 0 Å². The predicted molar refractivity (Wildman–Crippen MR) is 72.7 cm³/mol. The number of hydrogen-bond donors (Lipinski definition) is 2. The fourth-order valence-electron chi connectivity index (χ4n) is 2.46. The van der Waals surface area contributed by atoms with Crippen LogP contribution in [0, 0.1) is 5.41 Å². The third-order valence-corrected chi connectivity index (χ3v) is 3.66. The van der Waals surface area contributed by atoms with Crippen molar-refractivity contribution in [1.29, 1.82) is 0 Å². The Balaban J connectivity index is 2.07. The van der Waals surface area contributed by atoms with E-state index in [1.54, 1.807) is 18.3 Å². The third-order valence-electron chi connectivity index (χ3n) is 3.44. The zero-order valence-electron chi connectivity index (χ0n) is 10.5. The van der Waals surface area contributed by atoms with Crippen molar-refractivity contribution in [2.24, 2.45) is 5.41 Å². The summed E-state index contributed by atoms with van der Waals surface area (Å²) in [5.74, 6) is 0.0819. The van der Waals surface area contributed by atoms with E-state index in [0.717, 1.165) is 32.4 Å². The maximum atomic E-state index is 12.4. The molecule has 1 atom stereocenters. The molecule has 1 aromatic heterocycles. The fourth-order valence-corrected chi connectivity index (χ4v) is 2.57. The highest BCUT2D eigenvalue weighted by atomic mass is 35.5. The molecule has 1 aliphatic rings. The van der Waals surface area contributed by atoms with Gasteiger partial charge in [0.25, 0.3) is 0 Å². The SMILES string of the molecule is CCCC1(C(=O)Nc2ccc(Cl)nc2)CCNC1. The van der Waals surface area contributed by atoms with Crippen molar-refractivity contribution < 1.29 is 4.79 Å². The summed E-state index contributed by atoms with van der Waals surface area (Å²) in [7, 11) is 0. The number of hydrogen-bond acceptors (Lipinski definition) is 3. The van der Waals surface area contributed by atoms with Crippen molar-refractivity contribution in [1.82, 2.24) is 10.3 Å². The number of halogens is 1. The number of rotatable bonds is 4. The molecule has 1 aliphatic heterocycles. The summed E-state index contributed by atoms with van der Waals surface area (Å²) >= 11 is 5.72. The van der Waals surface area contributed by atoms with Crippen LogP contribution in [0.2, 0.25) is 5.15 Å². The van der Waals surface area contributed by atoms with Crippen molar-refractivity contribution in [3.05, 3.63) is 23.5 Å². The van der Waals surface area contributed by atoms with Crippen molar-refractivity contribution in [2.45, 2.75) is 26.2 Å². The van der Waals surface area contributed by atoms with Gasteiger partial charge in [-0.3, -0.25) is 4.79 Å². The number of nitrogens with one attached hydrogen (secondary N) is 2. The molecule has 0 aliphatic carbocycles. The Bertz CT molecular complexity index is 413. The first kappa shape index (κ1) is 13.3. The van der Waals surface area contributed by atoms with Crippen LogP contribution in [0.25, 0.3) is 0 Å². The molecule has 0 bridgehead atoms. The molecule has 0 saturated carbocycles. The van der Waals surface area contributed by atoms with Gasteiger partial charge in [0, 0.05) is 6.54 Å². The van der Waals surface area contributed by atoms with Gasteiger partial charge in [-0.15, -0.1) is 0 Å². The Morgan fingerprint density at radius 1 is 1.61 bits per heavy atom. The lowest BCUT2D eigenvalue weighted by atomic mass is 9.81. The van der Waals surface area contributed by atoms with E-state index in [1.165, 1.54) is 0 Å². The number of carbonyl (C=O) groups is 1. The van der Waals surface area contributed by atoms with E-state index in [1.807, 2.05) is 0 Å². The summed E-state index contributed by atoms with van der Waals surface area (Å²) < 4.78 is 0. The van der Waals surface area contributed by atoms with Gasteiger partial charge in [0.15, 0.2) is 0 Å². The molecule has 1 saturated heterocycles. The second-order valence-corrected chi connectivity index (χ2v) is 5.17. The quantitative estimate of drug-likeness (QED) is 0.824. The van der Waals surface area contributed by atoms with E-state index >= 15 is 0 Å². The number of pyridine rings is 1. The molecule has 0 radical (unpaired) electrons. The molecule has 5 heteroatoms. The van der Waals surface area contributed by atoms with Crippen LogP contribution in [0.5, 0.6) is 0 Å². The minimum absolute atomic E-state index is 0.0819. The Hall–Kier alpha value is -1.13. The molecule has 0 spiro atoms. The van der Waals surface area contributed by atoms with Gasteiger partial charge in [-0.05, 0) is 31.5 Å². The topological polar surface area (TPSA) is 54.0 Å². The van der Waals surface area contributed by atoms with Crippen LogP contribution in [0.1, 0.15) is 26.2 Å². The van der Waals surface area contributed by atoms with Crippen molar-refractivity contribution in [3.63, 3.8) is 0 Å². The summed E-state index contributed by atoms with van der Waals surface area (Å²) in [6.07, 6.45) is 4.40. The standard InChI is InChI=1S/C13H18ClN3O/c1-2-5-13(6-7-15-9-13)12(18)17-10-3-4-11(14)16-8-10/h3-4,8,15H,2,5-7,9H2,1H3,(H,17,18). The molecule has 18 heavy (non-hydrogen) atoms. The molecule has 4 nitrogen and oxygen atoms in total. The van der Waals surface area contributed by atoms with Crippen LogP contribution in [0.3, 0.4) is 0 Å². The van der Waals surface area contributed by atoms with E-state index in [0.29, 0.717) is 10.8 Å². The van der Waals surface area contributed by atoms with E-state index in [-0.39, 0.29) is 11.3 Å². The minimum Gasteiger partial charge on any atom is -0.324 e. The van der Waals surface area contributed by atoms with Crippen molar-refractivity contribution >= 4 is 23.2 Å². The second kappa shape index (κ2) is 5.67. The number of amides is 1. The molecule has 2 N–H and O–H groups in total. The van der Waals surface area contributed by atoms with Crippen LogP contribution >= 0.6 is 11.6 Å². The van der Waals surface area contributed by atoms with Gasteiger partial charge in [0.05, 0.1) is 17.3 Å². The monoisotopic (exact) mass is 267 g/mol. The highest BCUT2D eigenvalue weighted by molar-refractivity contribution is 6.29. The van der Waals surface area contributed by atoms with E-state index < -0.39 is 0 Å². The normalized spacial score (nSPS) is 23.0. The number of aromatic nitrogens is 1. The molecule has 1 fully saturated rings. The highest BCUT2D eigenvalue weighted by Crippen LogP contribution is 2.32. The Morgan fingerprint density at radius 2 is 2.44 bits per heavy atom. The second-order valence-electron chi connectivity index (χ2n) is 4.78. The van der Waals surface area contributed by atoms with Crippen LogP contribution in [-0.4, -0.2) is 24.0 Å². The maximum Gasteiger partial charge on any atom is 0.231 e. The zero-order valence-corrected chi connectivity index (χ0v) is 11.3. The van der Waals surface area contributed by atoms with Crippen LogP contribution in [-0.2, 0) is 4.79 Å². The van der Waals surface area contributed by atoms with Crippen LogP contribution in [0.4, 0.5) is 5.69 Å². The lowest BCUT2D eigenvalue weighted by Crippen LogP contribution is -2.38. The molecule has 2 heterocycles. The fraction of sp³-hybridized carbons (Fsp3) is 0.538. The first-order valence-electron chi connectivity index (χ1n) is 6.30. The lowest BCUT2D eigenvalue weighted by molar-refractivity contribution is -0.125. The van der Waals surface area contributed by atoms with Crippen molar-refractivity contribution in [3.8, 4) is 0 Å². The largest absolute Gasteiger partial charge is 0.324 e. The molecule has 0 aromatic carbocycles. The van der Waals surface area contributed by atoms with Crippen molar-refractivity contribution in [2.75, 3.05) is 18.4 Å². The summed E-state index contributed by atoms with van der Waals surface area (Å²) in [4.78, 5) is 16.4. The lowest BCUT2D eigenvalue weighted by Gasteiger charge is -2.26. The molecule has 2 rings (SSSR count). The molecular weight excluding hydrogens is 250 g/mol. The van der Waals surface area contributed by atoms with Gasteiger partial charge in [0.2, 0.25) is 5.91 Å². The average Bonchev–Trinajstić information content (AvgIpc) is 2.82. The summed E-state index contributed by atoms with van der Waals surface area (Å²) in [5.41, 5.74) is 0.431. The van der Waals surface area contributed by atoms with Gasteiger partial charge < -0.3 is 10.6 Å². The molecule has 1 unspecified atom stereocenters. The summed E-state index contributed by atoms with van der Waals surface area (Å²) in [6, 6.07) is 3.45. The first-order chi connectivity index (χ1) is 8.66. The molecule has 1 aromatic rings. The minimum atomic E-state index is -0.269. The summed E-state index contributed by atoms with van der Waals surface area (Å²) in [5, 5.41) is 6.64. The van der Waals surface area contributed by atoms with Crippen LogP contribution < -0.4 is 10.6 Å². The summed E-state index contributed by atoms with van der Waals surface area (Å²) in [6.45, 7) is 3.77. The van der Waals surface area contributed by atoms with Gasteiger partial charge in [-0.25, -0.2) is 4.98 Å². The zero-order chi connectivity index (χ0) is 13.0. The van der Waals surface area contributed by atoms with E-state index in [4.69, 9.17) is 11.6 Å². The molecule has 98 valence electrons. The van der Waals surface area contributed by atoms with E-state index in [2.05, 4.69) is 22.5 Å². The Kier molecular flexibility index (Phi) is 4.19. The number of anilines is 1. The molecule has 1 amide bonds. The number of nitrogens with zero attached hydrogens (tertiary/aromatic N) is 1. The third kappa shape index (κ3) is 2.82. The maximum absolute atomic E-state index is 12.4. The number of carbonyl (C=O) groups excluding carboxylic acids is 1. The van der Waals surface area contributed by atoms with Crippen LogP contribution in [0.15, 0.2) is 18.3 Å². The Morgan fingerprint density at radius 3 is 3.00 bits per heavy atom. The van der Waals surface area contributed by atoms with Gasteiger partial charge in [0.1, 0.15) is 5.15 Å². The average molecular weight is 268 g/mol. The Labute approximate surface area is 112 Å². The van der Waals surface area contributed by atoms with Gasteiger partial charge in [-0.1, -0.05) is 24.9 Å². The predicted octanol–water partition coefficient (Wildman–Crippen LogP) is 2.45. The van der Waals surface area contributed by atoms with Gasteiger partial charge >= 0.3 is 0 Å². The van der Waals surface area contributed by atoms with E-state index in [9.17, 15) is 4.79 Å². The first-order valence-corrected chi connectivity index (χ1v) is 6.68. The smallest absolute Gasteiger partial charge is 0.231 e. The molecular formula is C13H18ClN3O. The highest BCUT2D eigenvalue weighted by Gasteiger charge is 2.40.